The van der Waals surface area contributed by atoms with Gasteiger partial charge in [0.2, 0.25) is 0 Å². The molecule has 0 aliphatic heterocycles. The Morgan fingerprint density at radius 3 is 2.63 bits per heavy atom. The lowest BCUT2D eigenvalue weighted by molar-refractivity contribution is -0.139. The highest BCUT2D eigenvalue weighted by molar-refractivity contribution is 5.80. The third-order valence-electron chi connectivity index (χ3n) is 2.29. The maximum absolute atomic E-state index is 11.4. The summed E-state index contributed by atoms with van der Waals surface area (Å²) < 4.78 is 4.93. The quantitative estimate of drug-likeness (QED) is 0.792. The number of carboxylic acids is 1. The molecule has 1 amide bonds. The van der Waals surface area contributed by atoms with Crippen LogP contribution in [0.5, 0.6) is 0 Å². The molecule has 0 saturated heterocycles. The highest BCUT2D eigenvalue weighted by Gasteiger charge is 2.19. The zero-order valence-electron chi connectivity index (χ0n) is 10.6. The minimum atomic E-state index is -1.14. The van der Waals surface area contributed by atoms with Gasteiger partial charge in [-0.1, -0.05) is 30.3 Å². The Morgan fingerprint density at radius 1 is 1.37 bits per heavy atom. The second-order valence-corrected chi connectivity index (χ2v) is 3.73. The Hall–Kier alpha value is -2.48. The zero-order valence-corrected chi connectivity index (χ0v) is 10.6. The van der Waals surface area contributed by atoms with E-state index in [1.807, 2.05) is 30.3 Å². The number of carbonyl (C=O) groups excluding carboxylic acids is 1. The highest BCUT2D eigenvalue weighted by atomic mass is 16.5. The molecule has 0 heterocycles. The van der Waals surface area contributed by atoms with Gasteiger partial charge in [0.25, 0.3) is 0 Å². The summed E-state index contributed by atoms with van der Waals surface area (Å²) in [6, 6.07) is 8.07. The number of benzene rings is 1. The van der Waals surface area contributed by atoms with Gasteiger partial charge in [-0.3, -0.25) is 0 Å². The van der Waals surface area contributed by atoms with Crippen molar-refractivity contribution < 1.29 is 19.4 Å². The molecule has 100 valence electrons. The first-order valence-electron chi connectivity index (χ1n) is 5.73. The predicted molar refractivity (Wildman–Crippen MR) is 69.3 cm³/mol. The Bertz CT molecular complexity index is 487. The standard InChI is InChI=1S/C14H15NO4/c1-2-3-9-12(13(16)17)15-14(18)19-10-11-7-5-4-6-8-11/h4-8,12H,9-10H2,1H3,(H,15,18)(H,16,17). The molecule has 19 heavy (non-hydrogen) atoms. The van der Waals surface area contributed by atoms with Gasteiger partial charge >= 0.3 is 12.1 Å². The summed E-state index contributed by atoms with van der Waals surface area (Å²) in [6.07, 6.45) is -0.721. The monoisotopic (exact) mass is 261 g/mol. The van der Waals surface area contributed by atoms with Crippen LogP contribution in [0.1, 0.15) is 18.9 Å². The van der Waals surface area contributed by atoms with Gasteiger partial charge in [-0.15, -0.1) is 11.8 Å². The van der Waals surface area contributed by atoms with E-state index in [0.29, 0.717) is 0 Å². The number of alkyl carbamates (subject to hydrolysis) is 1. The van der Waals surface area contributed by atoms with Crippen molar-refractivity contribution in [2.45, 2.75) is 26.0 Å². The van der Waals surface area contributed by atoms with Gasteiger partial charge < -0.3 is 15.2 Å². The Balaban J connectivity index is 2.44. The number of rotatable bonds is 5. The van der Waals surface area contributed by atoms with Gasteiger partial charge in [0.15, 0.2) is 0 Å². The zero-order chi connectivity index (χ0) is 14.1. The molecule has 0 bridgehead atoms. The molecule has 0 saturated carbocycles. The molecule has 2 N–H and O–H groups in total. The van der Waals surface area contributed by atoms with Crippen LogP contribution < -0.4 is 5.32 Å². The van der Waals surface area contributed by atoms with Crippen LogP contribution in [0, 0.1) is 11.8 Å². The molecule has 1 aromatic rings. The first-order valence-corrected chi connectivity index (χ1v) is 5.73. The van der Waals surface area contributed by atoms with E-state index in [1.54, 1.807) is 6.92 Å². The average Bonchev–Trinajstić information content (AvgIpc) is 2.42. The Morgan fingerprint density at radius 2 is 2.05 bits per heavy atom. The summed E-state index contributed by atoms with van der Waals surface area (Å²) >= 11 is 0. The van der Waals surface area contributed by atoms with Gasteiger partial charge in [0.1, 0.15) is 12.6 Å². The first kappa shape index (κ1) is 14.6. The van der Waals surface area contributed by atoms with Crippen LogP contribution in [0.2, 0.25) is 0 Å². The van der Waals surface area contributed by atoms with Crippen molar-refractivity contribution in [3.05, 3.63) is 35.9 Å². The molecule has 1 atom stereocenters. The third kappa shape index (κ3) is 5.59. The molecule has 5 nitrogen and oxygen atoms in total. The summed E-state index contributed by atoms with van der Waals surface area (Å²) in [5.41, 5.74) is 0.831. The summed E-state index contributed by atoms with van der Waals surface area (Å²) in [6.45, 7) is 1.70. The number of nitrogens with one attached hydrogen (secondary N) is 1. The van der Waals surface area contributed by atoms with Crippen LogP contribution in [0.25, 0.3) is 0 Å². The molecule has 1 unspecified atom stereocenters. The van der Waals surface area contributed by atoms with E-state index in [0.717, 1.165) is 5.56 Å². The van der Waals surface area contributed by atoms with Crippen LogP contribution in [0.4, 0.5) is 4.79 Å². The number of carbonyl (C=O) groups is 2. The van der Waals surface area contributed by atoms with Crippen molar-refractivity contribution >= 4 is 12.1 Å². The molecule has 1 rings (SSSR count). The van der Waals surface area contributed by atoms with E-state index in [-0.39, 0.29) is 13.0 Å². The largest absolute Gasteiger partial charge is 0.480 e. The molecule has 1 aromatic carbocycles. The lowest BCUT2D eigenvalue weighted by atomic mass is 10.2. The van der Waals surface area contributed by atoms with Crippen molar-refractivity contribution in [1.82, 2.24) is 5.32 Å². The minimum Gasteiger partial charge on any atom is -0.480 e. The average molecular weight is 261 g/mol. The number of amides is 1. The van der Waals surface area contributed by atoms with Crippen LogP contribution >= 0.6 is 0 Å². The minimum absolute atomic E-state index is 0.0479. The second kappa shape index (κ2) is 7.77. The maximum Gasteiger partial charge on any atom is 0.408 e. The van der Waals surface area contributed by atoms with Crippen molar-refractivity contribution in [3.63, 3.8) is 0 Å². The molecule has 0 spiro atoms. The number of ether oxygens (including phenoxy) is 1. The van der Waals surface area contributed by atoms with Gasteiger partial charge in [0.05, 0.1) is 0 Å². The first-order chi connectivity index (χ1) is 9.13. The molecular weight excluding hydrogens is 246 g/mol. The Labute approximate surface area is 111 Å². The summed E-state index contributed by atoms with van der Waals surface area (Å²) in [7, 11) is 0. The van der Waals surface area contributed by atoms with Crippen LogP contribution in [-0.4, -0.2) is 23.2 Å². The maximum atomic E-state index is 11.4. The van der Waals surface area contributed by atoms with Crippen molar-refractivity contribution in [2.75, 3.05) is 0 Å². The van der Waals surface area contributed by atoms with E-state index >= 15 is 0 Å². The molecule has 0 aliphatic rings. The van der Waals surface area contributed by atoms with Crippen LogP contribution in [0.3, 0.4) is 0 Å². The number of aliphatic carboxylic acids is 1. The SMILES string of the molecule is CC#CCC(NC(=O)OCc1ccccc1)C(=O)O. The van der Waals surface area contributed by atoms with Crippen LogP contribution in [-0.2, 0) is 16.1 Å². The van der Waals surface area contributed by atoms with Crippen molar-refractivity contribution in [1.29, 1.82) is 0 Å². The second-order valence-electron chi connectivity index (χ2n) is 3.73. The Kier molecular flexibility index (Phi) is 5.96. The van der Waals surface area contributed by atoms with Crippen molar-refractivity contribution in [2.24, 2.45) is 0 Å². The molecule has 5 heteroatoms. The number of carboxylic acid groups (broad SMARTS) is 1. The normalized spacial score (nSPS) is 10.8. The van der Waals surface area contributed by atoms with Gasteiger partial charge in [-0.05, 0) is 12.5 Å². The fraction of sp³-hybridized carbons (Fsp3) is 0.286. The van der Waals surface area contributed by atoms with Gasteiger partial charge in [-0.2, -0.15) is 0 Å². The molecule has 0 aromatic heterocycles. The topological polar surface area (TPSA) is 75.6 Å². The van der Waals surface area contributed by atoms with Gasteiger partial charge in [-0.25, -0.2) is 9.59 Å². The predicted octanol–water partition coefficient (Wildman–Crippen LogP) is 1.78. The van der Waals surface area contributed by atoms with Crippen LogP contribution in [0.15, 0.2) is 30.3 Å². The van der Waals surface area contributed by atoms with E-state index in [2.05, 4.69) is 17.2 Å². The van der Waals surface area contributed by atoms with E-state index in [9.17, 15) is 9.59 Å². The van der Waals surface area contributed by atoms with Gasteiger partial charge in [0, 0.05) is 6.42 Å². The fourth-order valence-corrected chi connectivity index (χ4v) is 1.31. The molecule has 0 aliphatic carbocycles. The smallest absolute Gasteiger partial charge is 0.408 e. The molecular formula is C14H15NO4. The lowest BCUT2D eigenvalue weighted by Gasteiger charge is -2.12. The highest BCUT2D eigenvalue weighted by Crippen LogP contribution is 2.01. The van der Waals surface area contributed by atoms with E-state index in [1.165, 1.54) is 0 Å². The van der Waals surface area contributed by atoms with E-state index < -0.39 is 18.1 Å². The number of hydrogen-bond donors (Lipinski definition) is 2. The summed E-state index contributed by atoms with van der Waals surface area (Å²) in [5, 5.41) is 11.2. The molecule has 0 fully saturated rings. The lowest BCUT2D eigenvalue weighted by Crippen LogP contribution is -2.40. The molecule has 0 radical (unpaired) electrons. The summed E-state index contributed by atoms with van der Waals surface area (Å²) in [4.78, 5) is 22.3. The fourth-order valence-electron chi connectivity index (χ4n) is 1.31. The van der Waals surface area contributed by atoms with E-state index in [4.69, 9.17) is 9.84 Å². The third-order valence-corrected chi connectivity index (χ3v) is 2.29. The van der Waals surface area contributed by atoms with Crippen molar-refractivity contribution in [3.8, 4) is 11.8 Å². The summed E-state index contributed by atoms with van der Waals surface area (Å²) in [5.74, 6) is 4.05. The number of hydrogen-bond acceptors (Lipinski definition) is 3.